The number of nitriles is 1. The zero-order valence-electron chi connectivity index (χ0n) is 18.0. The molecule has 8 heteroatoms. The summed E-state index contributed by atoms with van der Waals surface area (Å²) in [5.74, 6) is -0.988. The molecule has 0 radical (unpaired) electrons. The lowest BCUT2D eigenvalue weighted by Gasteiger charge is -2.21. The van der Waals surface area contributed by atoms with E-state index in [1.807, 2.05) is 13.0 Å². The Labute approximate surface area is 190 Å². The van der Waals surface area contributed by atoms with Crippen molar-refractivity contribution in [1.29, 1.82) is 5.26 Å². The molecule has 4 rings (SSSR count). The van der Waals surface area contributed by atoms with Crippen LogP contribution in [0.3, 0.4) is 0 Å². The van der Waals surface area contributed by atoms with Crippen LogP contribution in [0, 0.1) is 24.1 Å². The second-order valence-corrected chi connectivity index (χ2v) is 7.53. The van der Waals surface area contributed by atoms with Gasteiger partial charge in [-0.3, -0.25) is 4.79 Å². The molecule has 0 saturated heterocycles. The van der Waals surface area contributed by atoms with Gasteiger partial charge in [0.05, 0.1) is 22.6 Å². The first kappa shape index (κ1) is 21.7. The summed E-state index contributed by atoms with van der Waals surface area (Å²) in [7, 11) is 1.57. The van der Waals surface area contributed by atoms with Crippen LogP contribution in [0.2, 0.25) is 0 Å². The van der Waals surface area contributed by atoms with E-state index in [4.69, 9.17) is 0 Å². The number of amides is 3. The molecule has 3 aromatic rings. The van der Waals surface area contributed by atoms with E-state index in [-0.39, 0.29) is 16.8 Å². The lowest BCUT2D eigenvalue weighted by molar-refractivity contribution is -0.119. The van der Waals surface area contributed by atoms with Crippen molar-refractivity contribution in [2.45, 2.75) is 13.1 Å². The zero-order valence-corrected chi connectivity index (χ0v) is 18.0. The number of rotatable bonds is 3. The van der Waals surface area contributed by atoms with E-state index in [1.54, 1.807) is 67.7 Å². The maximum atomic E-state index is 14.7. The van der Waals surface area contributed by atoms with Crippen LogP contribution in [0.25, 0.3) is 0 Å². The number of nitrogens with one attached hydrogen (secondary N) is 2. The summed E-state index contributed by atoms with van der Waals surface area (Å²) in [5.41, 5.74) is 3.03. The number of hydrogen-bond acceptors (Lipinski definition) is 4. The third-order valence-electron chi connectivity index (χ3n) is 5.28. The number of halogens is 1. The van der Waals surface area contributed by atoms with Crippen LogP contribution in [-0.2, 0) is 4.79 Å². The summed E-state index contributed by atoms with van der Waals surface area (Å²) in [4.78, 5) is 31.7. The summed E-state index contributed by atoms with van der Waals surface area (Å²) in [6.07, 6.45) is -1.31. The molecule has 0 bridgehead atoms. The van der Waals surface area contributed by atoms with Crippen LogP contribution in [-0.4, -0.2) is 30.9 Å². The Bertz CT molecular complexity index is 1330. The highest BCUT2D eigenvalue weighted by Gasteiger charge is 2.31. The lowest BCUT2D eigenvalue weighted by Crippen LogP contribution is -2.47. The van der Waals surface area contributed by atoms with Crippen LogP contribution in [0.15, 0.2) is 71.7 Å². The fourth-order valence-corrected chi connectivity index (χ4v) is 3.63. The van der Waals surface area contributed by atoms with Crippen molar-refractivity contribution >= 4 is 29.0 Å². The lowest BCUT2D eigenvalue weighted by atomic mass is 10.00. The predicted octanol–water partition coefficient (Wildman–Crippen LogP) is 3.97. The summed E-state index contributed by atoms with van der Waals surface area (Å²) in [6.45, 7) is 1.83. The quantitative estimate of drug-likeness (QED) is 0.644. The van der Waals surface area contributed by atoms with Crippen LogP contribution in [0.4, 0.5) is 20.6 Å². The van der Waals surface area contributed by atoms with Crippen LogP contribution in [0.1, 0.15) is 22.3 Å². The number of urea groups is 1. The molecule has 0 aliphatic carbocycles. The molecule has 0 spiro atoms. The van der Waals surface area contributed by atoms with Crippen molar-refractivity contribution in [3.8, 4) is 6.07 Å². The number of carbonyl (C=O) groups excluding carboxylic acids is 2. The van der Waals surface area contributed by atoms with Gasteiger partial charge in [0, 0.05) is 18.2 Å². The molecule has 0 fully saturated rings. The van der Waals surface area contributed by atoms with Crippen LogP contribution in [0.5, 0.6) is 0 Å². The van der Waals surface area contributed by atoms with Gasteiger partial charge in [-0.1, -0.05) is 36.4 Å². The number of hydrogen-bond donors (Lipinski definition) is 2. The minimum atomic E-state index is -1.31. The van der Waals surface area contributed by atoms with Gasteiger partial charge in [0.2, 0.25) is 6.17 Å². The van der Waals surface area contributed by atoms with Crippen molar-refractivity contribution < 1.29 is 14.0 Å². The number of aryl methyl sites for hydroxylation is 1. The first-order valence-corrected chi connectivity index (χ1v) is 10.2. The molecule has 0 saturated carbocycles. The maximum Gasteiger partial charge on any atom is 0.321 e. The molecule has 1 aliphatic heterocycles. The van der Waals surface area contributed by atoms with Gasteiger partial charge in [-0.2, -0.15) is 5.26 Å². The molecule has 7 nitrogen and oxygen atoms in total. The Morgan fingerprint density at radius 3 is 2.52 bits per heavy atom. The molecule has 0 aromatic heterocycles. The Morgan fingerprint density at radius 2 is 1.79 bits per heavy atom. The standard InChI is InChI=1S/C25H20FN5O2/c1-15-11-12-20(16(13-15)14-27)28-25(33)30-23-24(32)31(2)21-10-6-4-8-18(21)22(29-23)17-7-3-5-9-19(17)26/h3-13,23H,1-2H3,(H2,28,30,33). The SMILES string of the molecule is Cc1ccc(NC(=O)NC2N=C(c3ccccc3F)c3ccccc3N(C)C2=O)c(C#N)c1. The Hall–Kier alpha value is -4.51. The number of fused-ring (bicyclic) bond motifs is 1. The Balaban J connectivity index is 1.72. The fraction of sp³-hybridized carbons (Fsp3) is 0.120. The molecular weight excluding hydrogens is 421 g/mol. The van der Waals surface area contributed by atoms with Gasteiger partial charge >= 0.3 is 6.03 Å². The summed E-state index contributed by atoms with van der Waals surface area (Å²) in [5, 5.41) is 14.5. The van der Waals surface area contributed by atoms with Crippen LogP contribution >= 0.6 is 0 Å². The van der Waals surface area contributed by atoms with Gasteiger partial charge in [-0.05, 0) is 42.8 Å². The molecule has 1 unspecified atom stereocenters. The monoisotopic (exact) mass is 441 g/mol. The number of anilines is 2. The fourth-order valence-electron chi connectivity index (χ4n) is 3.63. The number of para-hydroxylation sites is 1. The van der Waals surface area contributed by atoms with Gasteiger partial charge < -0.3 is 15.5 Å². The molecule has 1 heterocycles. The van der Waals surface area contributed by atoms with Gasteiger partial charge in [0.1, 0.15) is 11.9 Å². The van der Waals surface area contributed by atoms with E-state index in [2.05, 4.69) is 15.6 Å². The van der Waals surface area contributed by atoms with E-state index in [0.717, 1.165) is 5.56 Å². The highest BCUT2D eigenvalue weighted by molar-refractivity contribution is 6.20. The van der Waals surface area contributed by atoms with Gasteiger partial charge in [-0.15, -0.1) is 0 Å². The number of benzene rings is 3. The smallest absolute Gasteiger partial charge is 0.311 e. The zero-order chi connectivity index (χ0) is 23.5. The number of aliphatic imine (C=N–C) groups is 1. The predicted molar refractivity (Wildman–Crippen MR) is 124 cm³/mol. The maximum absolute atomic E-state index is 14.7. The molecule has 33 heavy (non-hydrogen) atoms. The van der Waals surface area contributed by atoms with E-state index in [0.29, 0.717) is 16.9 Å². The van der Waals surface area contributed by atoms with Crippen molar-refractivity contribution in [2.75, 3.05) is 17.3 Å². The second kappa shape index (κ2) is 8.93. The van der Waals surface area contributed by atoms with Gasteiger partial charge in [0.25, 0.3) is 5.91 Å². The Morgan fingerprint density at radius 1 is 1.09 bits per heavy atom. The number of likely N-dealkylation sites (N-methyl/N-ethyl adjacent to an activating group) is 1. The summed E-state index contributed by atoms with van der Waals surface area (Å²) < 4.78 is 14.7. The minimum Gasteiger partial charge on any atom is -0.311 e. The highest BCUT2D eigenvalue weighted by Crippen LogP contribution is 2.28. The molecule has 3 amide bonds. The van der Waals surface area contributed by atoms with Crippen molar-refractivity contribution in [1.82, 2.24) is 5.32 Å². The molecule has 164 valence electrons. The highest BCUT2D eigenvalue weighted by atomic mass is 19.1. The van der Waals surface area contributed by atoms with E-state index < -0.39 is 23.9 Å². The van der Waals surface area contributed by atoms with Crippen molar-refractivity contribution in [3.05, 3.63) is 94.8 Å². The number of nitrogens with zero attached hydrogens (tertiary/aromatic N) is 3. The molecule has 3 aromatic carbocycles. The largest absolute Gasteiger partial charge is 0.321 e. The molecule has 1 atom stereocenters. The Kier molecular flexibility index (Phi) is 5.87. The van der Waals surface area contributed by atoms with Crippen molar-refractivity contribution in [3.63, 3.8) is 0 Å². The summed E-state index contributed by atoms with van der Waals surface area (Å²) in [6, 6.07) is 19.5. The molecule has 1 aliphatic rings. The van der Waals surface area contributed by atoms with E-state index in [1.165, 1.54) is 11.0 Å². The molecule has 2 N–H and O–H groups in total. The second-order valence-electron chi connectivity index (χ2n) is 7.53. The average Bonchev–Trinajstić information content (AvgIpc) is 2.91. The van der Waals surface area contributed by atoms with Crippen molar-refractivity contribution in [2.24, 2.45) is 4.99 Å². The van der Waals surface area contributed by atoms with E-state index >= 15 is 0 Å². The normalized spacial score (nSPS) is 15.1. The van der Waals surface area contributed by atoms with E-state index in [9.17, 15) is 19.2 Å². The topological polar surface area (TPSA) is 97.6 Å². The third-order valence-corrected chi connectivity index (χ3v) is 5.28. The third kappa shape index (κ3) is 4.29. The first-order valence-electron chi connectivity index (χ1n) is 10.2. The average molecular weight is 441 g/mol. The number of benzodiazepines with no additional fused rings is 1. The number of carbonyl (C=O) groups is 2. The van der Waals surface area contributed by atoms with Crippen LogP contribution < -0.4 is 15.5 Å². The van der Waals surface area contributed by atoms with Gasteiger partial charge in [0.15, 0.2) is 0 Å². The van der Waals surface area contributed by atoms with Gasteiger partial charge in [-0.25, -0.2) is 14.2 Å². The summed E-state index contributed by atoms with van der Waals surface area (Å²) >= 11 is 0. The molecular formula is C25H20FN5O2. The first-order chi connectivity index (χ1) is 15.9. The minimum absolute atomic E-state index is 0.213.